The molecule has 0 fully saturated rings. The summed E-state index contributed by atoms with van der Waals surface area (Å²) >= 11 is 0. The van der Waals surface area contributed by atoms with Crippen LogP contribution in [0.15, 0.2) is 23.8 Å². The van der Waals surface area contributed by atoms with E-state index in [1.165, 1.54) is 0 Å². The highest BCUT2D eigenvalue weighted by Gasteiger charge is 2.21. The lowest BCUT2D eigenvalue weighted by Gasteiger charge is -2.23. The van der Waals surface area contributed by atoms with E-state index in [9.17, 15) is 9.90 Å². The summed E-state index contributed by atoms with van der Waals surface area (Å²) in [4.78, 5) is 11.5. The van der Waals surface area contributed by atoms with E-state index in [1.807, 2.05) is 32.1 Å². The molecule has 0 saturated carbocycles. The molecule has 0 aliphatic carbocycles. The molecule has 5 heteroatoms. The number of ether oxygens (including phenoxy) is 2. The summed E-state index contributed by atoms with van der Waals surface area (Å²) in [5.41, 5.74) is 0.986. The molecule has 0 aromatic rings. The van der Waals surface area contributed by atoms with Crippen molar-refractivity contribution in [1.29, 1.82) is 0 Å². The first-order chi connectivity index (χ1) is 9.54. The van der Waals surface area contributed by atoms with Gasteiger partial charge in [0.05, 0.1) is 12.7 Å². The van der Waals surface area contributed by atoms with Gasteiger partial charge in [0.2, 0.25) is 5.91 Å². The van der Waals surface area contributed by atoms with Gasteiger partial charge in [-0.25, -0.2) is 0 Å². The van der Waals surface area contributed by atoms with Crippen molar-refractivity contribution in [3.63, 3.8) is 0 Å². The summed E-state index contributed by atoms with van der Waals surface area (Å²) in [6.45, 7) is 4.86. The van der Waals surface area contributed by atoms with Gasteiger partial charge in [-0.05, 0) is 13.3 Å². The fourth-order valence-corrected chi connectivity index (χ4v) is 2.11. The van der Waals surface area contributed by atoms with Gasteiger partial charge >= 0.3 is 0 Å². The van der Waals surface area contributed by atoms with Crippen molar-refractivity contribution < 1.29 is 19.4 Å². The van der Waals surface area contributed by atoms with E-state index in [0.717, 1.165) is 5.57 Å². The van der Waals surface area contributed by atoms with Gasteiger partial charge in [-0.1, -0.05) is 30.7 Å². The van der Waals surface area contributed by atoms with E-state index in [0.29, 0.717) is 19.6 Å². The van der Waals surface area contributed by atoms with Crippen molar-refractivity contribution >= 4 is 5.91 Å². The maximum Gasteiger partial charge on any atom is 0.246 e. The Morgan fingerprint density at radius 2 is 2.20 bits per heavy atom. The summed E-state index contributed by atoms with van der Waals surface area (Å²) in [6.07, 6.45) is 5.44. The van der Waals surface area contributed by atoms with Crippen LogP contribution in [0.5, 0.6) is 0 Å². The van der Waals surface area contributed by atoms with Crippen LogP contribution in [0.1, 0.15) is 20.3 Å². The normalized spacial score (nSPS) is 34.5. The van der Waals surface area contributed by atoms with E-state index in [2.05, 4.69) is 5.32 Å². The number of methoxy groups -OCH3 is 1. The molecule has 0 aromatic carbocycles. The van der Waals surface area contributed by atoms with Gasteiger partial charge in [0, 0.05) is 19.6 Å². The SMILES string of the molecule is CO[C@H]1/C=C/CCNC(=O)COC/C(C)=C\[C@@H](C)[C@@H]1O. The zero-order valence-electron chi connectivity index (χ0n) is 12.5. The van der Waals surface area contributed by atoms with Gasteiger partial charge in [-0.3, -0.25) is 4.79 Å². The Balaban J connectivity index is 2.77. The predicted octanol–water partition coefficient (Wildman–Crippen LogP) is 1.04. The number of carbonyl (C=O) groups excluding carboxylic acids is 1. The summed E-state index contributed by atoms with van der Waals surface area (Å²) < 4.78 is 10.6. The van der Waals surface area contributed by atoms with E-state index in [4.69, 9.17) is 9.47 Å². The maximum absolute atomic E-state index is 11.5. The summed E-state index contributed by atoms with van der Waals surface area (Å²) in [5.74, 6) is -0.162. The van der Waals surface area contributed by atoms with Crippen LogP contribution in [0.3, 0.4) is 0 Å². The average molecular weight is 283 g/mol. The third-order valence-corrected chi connectivity index (χ3v) is 3.22. The van der Waals surface area contributed by atoms with Gasteiger partial charge in [0.25, 0.3) is 0 Å². The van der Waals surface area contributed by atoms with Gasteiger partial charge in [-0.2, -0.15) is 0 Å². The highest BCUT2D eigenvalue weighted by molar-refractivity contribution is 5.77. The molecular formula is C15H25NO4. The van der Waals surface area contributed by atoms with Crippen LogP contribution in [-0.4, -0.2) is 50.1 Å². The molecule has 114 valence electrons. The molecule has 1 amide bonds. The van der Waals surface area contributed by atoms with Crippen molar-refractivity contribution in [2.75, 3.05) is 26.9 Å². The molecule has 3 atom stereocenters. The van der Waals surface area contributed by atoms with Gasteiger partial charge in [0.1, 0.15) is 12.7 Å². The predicted molar refractivity (Wildman–Crippen MR) is 77.3 cm³/mol. The molecule has 0 saturated heterocycles. The van der Waals surface area contributed by atoms with Crippen LogP contribution in [0.25, 0.3) is 0 Å². The van der Waals surface area contributed by atoms with Crippen LogP contribution in [-0.2, 0) is 14.3 Å². The Bertz CT molecular complexity index is 365. The lowest BCUT2D eigenvalue weighted by Crippen LogP contribution is -2.32. The van der Waals surface area contributed by atoms with Crippen molar-refractivity contribution in [2.45, 2.75) is 32.5 Å². The number of rotatable bonds is 1. The van der Waals surface area contributed by atoms with Crippen LogP contribution in [0.2, 0.25) is 0 Å². The Hall–Kier alpha value is -1.17. The topological polar surface area (TPSA) is 67.8 Å². The van der Waals surface area contributed by atoms with E-state index in [-0.39, 0.29) is 24.5 Å². The highest BCUT2D eigenvalue weighted by Crippen LogP contribution is 2.15. The molecule has 1 aliphatic heterocycles. The second-order valence-corrected chi connectivity index (χ2v) is 5.12. The summed E-state index contributed by atoms with van der Waals surface area (Å²) in [6, 6.07) is 0. The molecular weight excluding hydrogens is 258 g/mol. The zero-order chi connectivity index (χ0) is 15.0. The van der Waals surface area contributed by atoms with Crippen LogP contribution in [0.4, 0.5) is 0 Å². The molecule has 20 heavy (non-hydrogen) atoms. The lowest BCUT2D eigenvalue weighted by molar-refractivity contribution is -0.125. The Labute approximate surface area is 120 Å². The fraction of sp³-hybridized carbons (Fsp3) is 0.667. The molecule has 0 bridgehead atoms. The Morgan fingerprint density at radius 3 is 2.90 bits per heavy atom. The third kappa shape index (κ3) is 5.86. The quantitative estimate of drug-likeness (QED) is 0.706. The third-order valence-electron chi connectivity index (χ3n) is 3.22. The lowest BCUT2D eigenvalue weighted by atomic mass is 9.97. The minimum absolute atomic E-state index is 0.0510. The minimum Gasteiger partial charge on any atom is -0.389 e. The number of hydrogen-bond donors (Lipinski definition) is 2. The Morgan fingerprint density at radius 1 is 1.45 bits per heavy atom. The average Bonchev–Trinajstić information content (AvgIpc) is 2.41. The first kappa shape index (κ1) is 16.9. The number of hydrogen-bond acceptors (Lipinski definition) is 4. The largest absolute Gasteiger partial charge is 0.389 e. The van der Waals surface area contributed by atoms with Crippen LogP contribution < -0.4 is 5.32 Å². The van der Waals surface area contributed by atoms with E-state index >= 15 is 0 Å². The first-order valence-corrected chi connectivity index (χ1v) is 6.94. The van der Waals surface area contributed by atoms with Crippen LogP contribution in [0, 0.1) is 5.92 Å². The Kier molecular flexibility index (Phi) is 7.51. The number of amides is 1. The zero-order valence-corrected chi connectivity index (χ0v) is 12.5. The van der Waals surface area contributed by atoms with Crippen molar-refractivity contribution in [1.82, 2.24) is 5.32 Å². The first-order valence-electron chi connectivity index (χ1n) is 6.94. The number of carbonyl (C=O) groups is 1. The molecule has 5 nitrogen and oxygen atoms in total. The van der Waals surface area contributed by atoms with Crippen molar-refractivity contribution in [3.05, 3.63) is 23.8 Å². The molecule has 2 N–H and O–H groups in total. The van der Waals surface area contributed by atoms with Gasteiger partial charge in [-0.15, -0.1) is 0 Å². The minimum atomic E-state index is -0.608. The van der Waals surface area contributed by atoms with Gasteiger partial charge < -0.3 is 19.9 Å². The standard InChI is InChI=1S/C15H25NO4/c1-11-8-12(2)15(18)13(19-3)6-4-5-7-16-14(17)10-20-9-11/h4,6,8,12-13,15,18H,5,7,9-10H2,1-3H3,(H,16,17)/b6-4+,11-8-/t12-,13+,15+/m1/s1. The molecule has 1 aliphatic rings. The van der Waals surface area contributed by atoms with E-state index < -0.39 is 6.10 Å². The molecule has 1 rings (SSSR count). The fourth-order valence-electron chi connectivity index (χ4n) is 2.11. The maximum atomic E-state index is 11.5. The second kappa shape index (κ2) is 8.89. The number of nitrogens with one attached hydrogen (secondary N) is 1. The number of aliphatic hydroxyl groups excluding tert-OH is 1. The molecule has 0 radical (unpaired) electrons. The summed E-state index contributed by atoms with van der Waals surface area (Å²) in [7, 11) is 1.58. The molecule has 1 heterocycles. The van der Waals surface area contributed by atoms with Crippen LogP contribution >= 0.6 is 0 Å². The number of aliphatic hydroxyl groups is 1. The smallest absolute Gasteiger partial charge is 0.246 e. The van der Waals surface area contributed by atoms with Crippen molar-refractivity contribution in [2.24, 2.45) is 5.92 Å². The second-order valence-electron chi connectivity index (χ2n) is 5.12. The van der Waals surface area contributed by atoms with E-state index in [1.54, 1.807) is 7.11 Å². The molecule has 0 aromatic heterocycles. The molecule has 0 spiro atoms. The molecule has 0 unspecified atom stereocenters. The monoisotopic (exact) mass is 283 g/mol. The summed E-state index contributed by atoms with van der Waals surface area (Å²) in [5, 5.41) is 13.0. The van der Waals surface area contributed by atoms with Crippen molar-refractivity contribution in [3.8, 4) is 0 Å². The highest BCUT2D eigenvalue weighted by atomic mass is 16.5. The van der Waals surface area contributed by atoms with Gasteiger partial charge in [0.15, 0.2) is 0 Å².